The van der Waals surface area contributed by atoms with Gasteiger partial charge in [0.05, 0.1) is 19.3 Å². The van der Waals surface area contributed by atoms with Gasteiger partial charge in [0.25, 0.3) is 5.91 Å². The smallest absolute Gasteiger partial charge is 0.251 e. The second-order valence-electron chi connectivity index (χ2n) is 5.64. The third-order valence-electron chi connectivity index (χ3n) is 3.74. The Kier molecular flexibility index (Phi) is 5.25. The van der Waals surface area contributed by atoms with Gasteiger partial charge in [-0.3, -0.25) is 4.79 Å². The Bertz CT molecular complexity index is 798. The van der Waals surface area contributed by atoms with Gasteiger partial charge in [-0.25, -0.2) is 0 Å². The summed E-state index contributed by atoms with van der Waals surface area (Å²) in [7, 11) is 0. The van der Waals surface area contributed by atoms with E-state index in [1.54, 1.807) is 12.1 Å². The maximum absolute atomic E-state index is 12.1. The molecule has 0 bridgehead atoms. The summed E-state index contributed by atoms with van der Waals surface area (Å²) >= 11 is 0. The standard InChI is InChI=1S/C19H20N2O3/c22-17(13-24-12-14-4-2-1-3-5-14)11-21-19(23)16-7-6-15-8-9-20-18(15)10-16/h1-10,17,20,22H,11-13H2,(H,21,23)/t17-/m1/s1. The fraction of sp³-hybridized carbons (Fsp3) is 0.211. The average molecular weight is 324 g/mol. The SMILES string of the molecule is O=C(NC[C@@H](O)COCc1ccccc1)c1ccc2cc[nH]c2c1. The topological polar surface area (TPSA) is 74.3 Å². The highest BCUT2D eigenvalue weighted by Crippen LogP contribution is 2.14. The summed E-state index contributed by atoms with van der Waals surface area (Å²) in [5.41, 5.74) is 2.52. The van der Waals surface area contributed by atoms with Crippen LogP contribution in [0.15, 0.2) is 60.8 Å². The van der Waals surface area contributed by atoms with Crippen LogP contribution in [0.3, 0.4) is 0 Å². The van der Waals surface area contributed by atoms with Crippen molar-refractivity contribution in [1.29, 1.82) is 0 Å². The lowest BCUT2D eigenvalue weighted by Gasteiger charge is -2.12. The van der Waals surface area contributed by atoms with E-state index in [0.29, 0.717) is 12.2 Å². The second kappa shape index (κ2) is 7.77. The fourth-order valence-corrected chi connectivity index (χ4v) is 2.45. The molecule has 1 amide bonds. The van der Waals surface area contributed by atoms with E-state index in [1.807, 2.05) is 48.7 Å². The maximum Gasteiger partial charge on any atom is 0.251 e. The van der Waals surface area contributed by atoms with Crippen molar-refractivity contribution in [3.8, 4) is 0 Å². The minimum absolute atomic E-state index is 0.149. The summed E-state index contributed by atoms with van der Waals surface area (Å²) in [5, 5.41) is 13.7. The maximum atomic E-state index is 12.1. The van der Waals surface area contributed by atoms with Gasteiger partial charge in [0.15, 0.2) is 0 Å². The van der Waals surface area contributed by atoms with Crippen LogP contribution in [0, 0.1) is 0 Å². The number of benzene rings is 2. The number of aliphatic hydroxyl groups is 1. The van der Waals surface area contributed by atoms with E-state index in [9.17, 15) is 9.90 Å². The first kappa shape index (κ1) is 16.2. The van der Waals surface area contributed by atoms with Crippen LogP contribution in [0.5, 0.6) is 0 Å². The van der Waals surface area contributed by atoms with E-state index in [2.05, 4.69) is 10.3 Å². The fourth-order valence-electron chi connectivity index (χ4n) is 2.45. The van der Waals surface area contributed by atoms with Gasteiger partial charge >= 0.3 is 0 Å². The van der Waals surface area contributed by atoms with Gasteiger partial charge in [-0.15, -0.1) is 0 Å². The number of rotatable bonds is 7. The van der Waals surface area contributed by atoms with Gasteiger partial charge in [-0.2, -0.15) is 0 Å². The first-order valence-corrected chi connectivity index (χ1v) is 7.87. The summed E-state index contributed by atoms with van der Waals surface area (Å²) in [6, 6.07) is 17.2. The minimum atomic E-state index is -0.744. The monoisotopic (exact) mass is 324 g/mol. The van der Waals surface area contributed by atoms with Crippen LogP contribution >= 0.6 is 0 Å². The van der Waals surface area contributed by atoms with Crippen molar-refractivity contribution in [3.05, 3.63) is 71.9 Å². The number of hydrogen-bond donors (Lipinski definition) is 3. The van der Waals surface area contributed by atoms with Gasteiger partial charge in [0.2, 0.25) is 0 Å². The molecule has 5 heteroatoms. The zero-order valence-corrected chi connectivity index (χ0v) is 13.2. The molecule has 5 nitrogen and oxygen atoms in total. The molecule has 1 atom stereocenters. The first-order valence-electron chi connectivity index (χ1n) is 7.87. The summed E-state index contributed by atoms with van der Waals surface area (Å²) in [6.45, 7) is 0.760. The number of amides is 1. The largest absolute Gasteiger partial charge is 0.389 e. The number of H-pyrrole nitrogens is 1. The molecule has 124 valence electrons. The zero-order chi connectivity index (χ0) is 16.8. The molecule has 0 unspecified atom stereocenters. The van der Waals surface area contributed by atoms with E-state index in [1.165, 1.54) is 0 Å². The number of nitrogens with one attached hydrogen (secondary N) is 2. The summed E-state index contributed by atoms with van der Waals surface area (Å²) in [6.07, 6.45) is 1.09. The van der Waals surface area contributed by atoms with Crippen molar-refractivity contribution < 1.29 is 14.6 Å². The number of carbonyl (C=O) groups excluding carboxylic acids is 1. The number of hydrogen-bond acceptors (Lipinski definition) is 3. The van der Waals surface area contributed by atoms with E-state index in [4.69, 9.17) is 4.74 Å². The number of aliphatic hydroxyl groups excluding tert-OH is 1. The van der Waals surface area contributed by atoms with Crippen molar-refractivity contribution in [2.75, 3.05) is 13.2 Å². The van der Waals surface area contributed by atoms with E-state index in [0.717, 1.165) is 16.5 Å². The van der Waals surface area contributed by atoms with Crippen LogP contribution < -0.4 is 5.32 Å². The molecule has 3 rings (SSSR count). The molecule has 0 aliphatic heterocycles. The second-order valence-corrected chi connectivity index (χ2v) is 5.64. The molecule has 3 N–H and O–H groups in total. The molecule has 0 saturated carbocycles. The van der Waals surface area contributed by atoms with Crippen LogP contribution in [0.2, 0.25) is 0 Å². The molecule has 1 aromatic heterocycles. The molecule has 1 heterocycles. The number of ether oxygens (including phenoxy) is 1. The summed E-state index contributed by atoms with van der Waals surface area (Å²) in [4.78, 5) is 15.2. The lowest BCUT2D eigenvalue weighted by atomic mass is 10.1. The van der Waals surface area contributed by atoms with Gasteiger partial charge in [-0.1, -0.05) is 36.4 Å². The minimum Gasteiger partial charge on any atom is -0.389 e. The Morgan fingerprint density at radius 2 is 2.00 bits per heavy atom. The highest BCUT2D eigenvalue weighted by molar-refractivity contribution is 5.97. The van der Waals surface area contributed by atoms with E-state index < -0.39 is 6.10 Å². The lowest BCUT2D eigenvalue weighted by Crippen LogP contribution is -2.34. The lowest BCUT2D eigenvalue weighted by molar-refractivity contribution is 0.0285. The molecule has 24 heavy (non-hydrogen) atoms. The summed E-state index contributed by atoms with van der Waals surface area (Å²) < 4.78 is 5.46. The highest BCUT2D eigenvalue weighted by Gasteiger charge is 2.10. The van der Waals surface area contributed by atoms with Crippen molar-refractivity contribution >= 4 is 16.8 Å². The number of carbonyl (C=O) groups is 1. The van der Waals surface area contributed by atoms with Crippen molar-refractivity contribution in [2.24, 2.45) is 0 Å². The van der Waals surface area contributed by atoms with Crippen LogP contribution in [0.1, 0.15) is 15.9 Å². The quantitative estimate of drug-likeness (QED) is 0.625. The summed E-state index contributed by atoms with van der Waals surface area (Å²) in [5.74, 6) is -0.214. The predicted molar refractivity (Wildman–Crippen MR) is 92.7 cm³/mol. The van der Waals surface area contributed by atoms with Gasteiger partial charge in [0, 0.05) is 23.8 Å². The molecule has 0 radical (unpaired) electrons. The molecule has 0 spiro atoms. The van der Waals surface area contributed by atoms with Crippen molar-refractivity contribution in [1.82, 2.24) is 10.3 Å². The molecule has 0 saturated heterocycles. The first-order chi connectivity index (χ1) is 11.7. The Morgan fingerprint density at radius 3 is 2.83 bits per heavy atom. The van der Waals surface area contributed by atoms with E-state index in [-0.39, 0.29) is 19.1 Å². The third-order valence-corrected chi connectivity index (χ3v) is 3.74. The predicted octanol–water partition coefficient (Wildman–Crippen LogP) is 2.48. The molecular formula is C19H20N2O3. The molecule has 3 aromatic rings. The van der Waals surface area contributed by atoms with Crippen LogP contribution in [-0.2, 0) is 11.3 Å². The Hall–Kier alpha value is -2.63. The molecule has 2 aromatic carbocycles. The molecular weight excluding hydrogens is 304 g/mol. The zero-order valence-electron chi connectivity index (χ0n) is 13.2. The van der Waals surface area contributed by atoms with Crippen molar-refractivity contribution in [2.45, 2.75) is 12.7 Å². The highest BCUT2D eigenvalue weighted by atomic mass is 16.5. The van der Waals surface area contributed by atoms with E-state index >= 15 is 0 Å². The Morgan fingerprint density at radius 1 is 1.17 bits per heavy atom. The third kappa shape index (κ3) is 4.22. The Labute approximate surface area is 140 Å². The van der Waals surface area contributed by atoms with Gasteiger partial charge in [-0.05, 0) is 29.1 Å². The Balaban J connectivity index is 1.43. The van der Waals surface area contributed by atoms with Gasteiger partial charge < -0.3 is 20.1 Å². The number of fused-ring (bicyclic) bond motifs is 1. The number of aromatic amines is 1. The normalized spacial score (nSPS) is 12.2. The van der Waals surface area contributed by atoms with Gasteiger partial charge in [0.1, 0.15) is 0 Å². The number of aromatic nitrogens is 1. The molecule has 0 fully saturated rings. The van der Waals surface area contributed by atoms with Crippen molar-refractivity contribution in [3.63, 3.8) is 0 Å². The van der Waals surface area contributed by atoms with Crippen LogP contribution in [0.4, 0.5) is 0 Å². The molecule has 0 aliphatic rings. The van der Waals surface area contributed by atoms with Crippen LogP contribution in [0.25, 0.3) is 10.9 Å². The molecule has 0 aliphatic carbocycles. The average Bonchev–Trinajstić information content (AvgIpc) is 3.08. The van der Waals surface area contributed by atoms with Crippen LogP contribution in [-0.4, -0.2) is 35.3 Å².